The first-order valence-electron chi connectivity index (χ1n) is 9.72. The maximum atomic E-state index is 14.1. The second-order valence-electron chi connectivity index (χ2n) is 7.08. The van der Waals surface area contributed by atoms with Crippen LogP contribution in [0.5, 0.6) is 5.75 Å². The number of hydrogen-bond acceptors (Lipinski definition) is 6. The molecule has 30 heavy (non-hydrogen) atoms. The van der Waals surface area contributed by atoms with E-state index in [1.165, 1.54) is 18.3 Å². The lowest BCUT2D eigenvalue weighted by atomic mass is 10.0. The fourth-order valence-electron chi connectivity index (χ4n) is 3.67. The lowest BCUT2D eigenvalue weighted by molar-refractivity contribution is 0.226. The predicted octanol–water partition coefficient (Wildman–Crippen LogP) is 3.65. The molecule has 0 fully saturated rings. The molecule has 1 aliphatic rings. The number of ether oxygens (including phenoxy) is 1. The van der Waals surface area contributed by atoms with E-state index in [2.05, 4.69) is 15.3 Å². The van der Waals surface area contributed by atoms with Crippen molar-refractivity contribution in [3.8, 4) is 11.4 Å². The molecule has 4 rings (SSSR count). The minimum Gasteiger partial charge on any atom is -0.482 e. The Morgan fingerprint density at radius 2 is 2.20 bits per heavy atom. The van der Waals surface area contributed by atoms with Crippen molar-refractivity contribution in [3.63, 3.8) is 0 Å². The summed E-state index contributed by atoms with van der Waals surface area (Å²) >= 11 is 0. The molecule has 2 aromatic heterocycles. The van der Waals surface area contributed by atoms with Gasteiger partial charge in [0, 0.05) is 54.1 Å². The first kappa shape index (κ1) is 19.6. The van der Waals surface area contributed by atoms with Gasteiger partial charge in [0.1, 0.15) is 11.9 Å². The van der Waals surface area contributed by atoms with Gasteiger partial charge in [0.05, 0.1) is 12.0 Å². The van der Waals surface area contributed by atoms with Crippen molar-refractivity contribution in [2.45, 2.75) is 26.4 Å². The van der Waals surface area contributed by atoms with Crippen LogP contribution < -0.4 is 15.8 Å². The van der Waals surface area contributed by atoms with Gasteiger partial charge in [0.25, 0.3) is 0 Å². The van der Waals surface area contributed by atoms with Crippen LogP contribution >= 0.6 is 0 Å². The van der Waals surface area contributed by atoms with Crippen LogP contribution in [0.1, 0.15) is 36.8 Å². The molecule has 1 unspecified atom stereocenters. The number of pyridine rings is 1. The molecule has 8 heteroatoms. The first-order valence-corrected chi connectivity index (χ1v) is 9.72. The van der Waals surface area contributed by atoms with Crippen LogP contribution in [0.15, 0.2) is 48.6 Å². The number of fused-ring (bicyclic) bond motifs is 5. The van der Waals surface area contributed by atoms with E-state index in [4.69, 9.17) is 15.9 Å². The van der Waals surface area contributed by atoms with E-state index in [1.807, 2.05) is 18.4 Å². The predicted molar refractivity (Wildman–Crippen MR) is 114 cm³/mol. The van der Waals surface area contributed by atoms with Crippen molar-refractivity contribution in [3.05, 3.63) is 71.2 Å². The molecule has 4 N–H and O–H groups in total. The van der Waals surface area contributed by atoms with Crippen LogP contribution in [0, 0.1) is 11.2 Å². The number of anilines is 1. The Kier molecular flexibility index (Phi) is 5.22. The summed E-state index contributed by atoms with van der Waals surface area (Å²) in [5.74, 6) is 0.296. The summed E-state index contributed by atoms with van der Waals surface area (Å²) in [4.78, 5) is 8.58. The molecular formula is C22H23FN6O. The molecule has 1 atom stereocenters. The maximum Gasteiger partial charge on any atom is 0.166 e. The van der Waals surface area contributed by atoms with Crippen LogP contribution in [0.25, 0.3) is 11.4 Å². The van der Waals surface area contributed by atoms with Crippen LogP contribution in [-0.2, 0) is 6.42 Å². The van der Waals surface area contributed by atoms with E-state index in [0.29, 0.717) is 24.3 Å². The highest BCUT2D eigenvalue weighted by molar-refractivity contribution is 5.89. The zero-order valence-electron chi connectivity index (χ0n) is 16.8. The van der Waals surface area contributed by atoms with Gasteiger partial charge in [0.15, 0.2) is 11.6 Å². The lowest BCUT2D eigenvalue weighted by Gasteiger charge is -2.23. The summed E-state index contributed by atoms with van der Waals surface area (Å²) < 4.78 is 22.1. The number of nitrogens with zero attached hydrogens (tertiary/aromatic N) is 3. The molecule has 2 bridgehead atoms. The van der Waals surface area contributed by atoms with Crippen molar-refractivity contribution in [2.24, 2.45) is 0 Å². The Labute approximate surface area is 173 Å². The van der Waals surface area contributed by atoms with Gasteiger partial charge in [-0.15, -0.1) is 0 Å². The first-order chi connectivity index (χ1) is 14.5. The molecule has 3 aromatic rings. The Morgan fingerprint density at radius 3 is 2.97 bits per heavy atom. The number of benzene rings is 1. The Hall–Kier alpha value is -3.68. The summed E-state index contributed by atoms with van der Waals surface area (Å²) in [6.07, 6.45) is 6.39. The van der Waals surface area contributed by atoms with Crippen LogP contribution in [0.2, 0.25) is 0 Å². The van der Waals surface area contributed by atoms with E-state index in [0.717, 1.165) is 28.2 Å². The second kappa shape index (κ2) is 7.98. The molecular weight excluding hydrogens is 383 g/mol. The van der Waals surface area contributed by atoms with Crippen molar-refractivity contribution < 1.29 is 9.13 Å². The highest BCUT2D eigenvalue weighted by atomic mass is 19.1. The molecule has 0 radical (unpaired) electrons. The molecule has 3 heterocycles. The third kappa shape index (κ3) is 3.52. The molecule has 0 amide bonds. The van der Waals surface area contributed by atoms with Gasteiger partial charge in [-0.3, -0.25) is 0 Å². The fraction of sp³-hybridized carbons (Fsp3) is 0.227. The quantitative estimate of drug-likeness (QED) is 0.576. The lowest BCUT2D eigenvalue weighted by Crippen LogP contribution is -2.18. The second-order valence-corrected chi connectivity index (χ2v) is 7.08. The third-order valence-electron chi connectivity index (χ3n) is 5.10. The zero-order chi connectivity index (χ0) is 21.3. The summed E-state index contributed by atoms with van der Waals surface area (Å²) in [6, 6.07) is 6.38. The van der Waals surface area contributed by atoms with Gasteiger partial charge in [-0.05, 0) is 43.7 Å². The summed E-state index contributed by atoms with van der Waals surface area (Å²) in [6.45, 7) is 4.51. The van der Waals surface area contributed by atoms with Crippen LogP contribution in [0.4, 0.5) is 10.2 Å². The molecule has 0 aliphatic carbocycles. The highest BCUT2D eigenvalue weighted by Gasteiger charge is 2.21. The minimum absolute atomic E-state index is 0.246. The molecule has 1 aliphatic heterocycles. The van der Waals surface area contributed by atoms with Gasteiger partial charge in [-0.1, -0.05) is 0 Å². The monoisotopic (exact) mass is 406 g/mol. The molecule has 154 valence electrons. The largest absolute Gasteiger partial charge is 0.482 e. The number of aromatic nitrogens is 3. The Bertz CT molecular complexity index is 1140. The molecule has 0 saturated heterocycles. The number of nitrogens with two attached hydrogens (primary N) is 1. The van der Waals surface area contributed by atoms with Gasteiger partial charge >= 0.3 is 0 Å². The average molecular weight is 406 g/mol. The summed E-state index contributed by atoms with van der Waals surface area (Å²) in [7, 11) is 0. The third-order valence-corrected chi connectivity index (χ3v) is 5.10. The molecule has 0 spiro atoms. The normalized spacial score (nSPS) is 18.3. The number of imidazole rings is 1. The van der Waals surface area contributed by atoms with Crippen molar-refractivity contribution in [2.75, 3.05) is 12.3 Å². The molecule has 0 saturated carbocycles. The van der Waals surface area contributed by atoms with Crippen molar-refractivity contribution >= 4 is 17.7 Å². The fourth-order valence-corrected chi connectivity index (χ4v) is 3.67. The smallest absolute Gasteiger partial charge is 0.166 e. The van der Waals surface area contributed by atoms with E-state index in [1.54, 1.807) is 30.9 Å². The number of halogens is 1. The topological polar surface area (TPSA) is 102 Å². The molecule has 1 aromatic carbocycles. The van der Waals surface area contributed by atoms with E-state index >= 15 is 0 Å². The summed E-state index contributed by atoms with van der Waals surface area (Å²) in [5, 5.41) is 11.4. The maximum absolute atomic E-state index is 14.1. The van der Waals surface area contributed by atoms with E-state index in [-0.39, 0.29) is 11.6 Å². The van der Waals surface area contributed by atoms with E-state index in [9.17, 15) is 4.39 Å². The highest BCUT2D eigenvalue weighted by Crippen LogP contribution is 2.33. The van der Waals surface area contributed by atoms with Crippen LogP contribution in [0.3, 0.4) is 0 Å². The summed E-state index contributed by atoms with van der Waals surface area (Å²) in [5.41, 5.74) is 10.7. The Morgan fingerprint density at radius 1 is 1.37 bits per heavy atom. The van der Waals surface area contributed by atoms with Crippen molar-refractivity contribution in [1.82, 2.24) is 19.9 Å². The average Bonchev–Trinajstić information content (AvgIpc) is 3.19. The molecule has 7 nitrogen and oxygen atoms in total. The van der Waals surface area contributed by atoms with Gasteiger partial charge in [-0.25, -0.2) is 14.4 Å². The Balaban J connectivity index is 2.00. The van der Waals surface area contributed by atoms with E-state index < -0.39 is 6.10 Å². The van der Waals surface area contributed by atoms with Gasteiger partial charge in [-0.2, -0.15) is 0 Å². The van der Waals surface area contributed by atoms with Crippen molar-refractivity contribution in [1.29, 1.82) is 5.41 Å². The number of allylic oxidation sites excluding steroid dienone is 1. The van der Waals surface area contributed by atoms with Crippen LogP contribution in [-0.4, -0.2) is 27.3 Å². The zero-order valence-corrected chi connectivity index (χ0v) is 16.8. The SMILES string of the molecule is CCN/C1=C(\C=N)Cc2cncn2-c2ccc(F)cc2C(C)Oc2cc1cnc2N. The number of nitrogens with one attached hydrogen (secondary N) is 2. The van der Waals surface area contributed by atoms with Gasteiger partial charge < -0.3 is 25.8 Å². The number of nitrogen functional groups attached to an aromatic ring is 1. The number of rotatable bonds is 3. The number of hydrogen-bond donors (Lipinski definition) is 3. The standard InChI is InChI=1S/C22H23FN6O/c1-3-27-21-14(9-24)6-17-11-26-12-29(17)19-5-4-16(23)8-18(19)13(2)30-20-7-15(21)10-28-22(20)25/h4-5,7-13,24,27H,3,6H2,1-2H3,(H2,25,28)/b21-14-,24-9?. The van der Waals surface area contributed by atoms with Gasteiger partial charge in [0.2, 0.25) is 0 Å². The minimum atomic E-state index is -0.488.